The summed E-state index contributed by atoms with van der Waals surface area (Å²) in [6.45, 7) is 5.80. The van der Waals surface area contributed by atoms with E-state index in [2.05, 4.69) is 66.8 Å². The highest BCUT2D eigenvalue weighted by Crippen LogP contribution is 2.33. The second-order valence-electron chi connectivity index (χ2n) is 8.11. The van der Waals surface area contributed by atoms with Crippen molar-refractivity contribution in [3.8, 4) is 0 Å². The van der Waals surface area contributed by atoms with Gasteiger partial charge >= 0.3 is 0 Å². The molecule has 0 radical (unpaired) electrons. The molecule has 0 spiro atoms. The topological polar surface area (TPSA) is 63.0 Å². The number of pyridine rings is 1. The van der Waals surface area contributed by atoms with Gasteiger partial charge in [0, 0.05) is 49.7 Å². The van der Waals surface area contributed by atoms with Crippen LogP contribution in [0, 0.1) is 6.92 Å². The van der Waals surface area contributed by atoms with Crippen molar-refractivity contribution in [2.75, 3.05) is 22.9 Å². The van der Waals surface area contributed by atoms with E-state index >= 15 is 0 Å². The number of hydrogen-bond acceptors (Lipinski definition) is 6. The van der Waals surface area contributed by atoms with Gasteiger partial charge in [0.15, 0.2) is 0 Å². The van der Waals surface area contributed by atoms with Gasteiger partial charge in [0.25, 0.3) is 0 Å². The first-order valence-corrected chi connectivity index (χ1v) is 10.5. The van der Waals surface area contributed by atoms with E-state index in [1.807, 2.05) is 12.4 Å². The average molecular weight is 397 g/mol. The van der Waals surface area contributed by atoms with Gasteiger partial charge in [-0.3, -0.25) is 4.98 Å². The predicted molar refractivity (Wildman–Crippen MR) is 117 cm³/mol. The van der Waals surface area contributed by atoms with Gasteiger partial charge in [-0.1, -0.05) is 11.6 Å². The summed E-state index contributed by atoms with van der Waals surface area (Å²) in [7, 11) is 0. The molecule has 0 aliphatic carbocycles. The predicted octanol–water partition coefficient (Wildman–Crippen LogP) is 3.63. The Labute approximate surface area is 175 Å². The van der Waals surface area contributed by atoms with Crippen LogP contribution < -0.4 is 9.80 Å². The molecule has 2 aliphatic heterocycles. The number of aromatic nitrogens is 5. The lowest BCUT2D eigenvalue weighted by atomic mass is 10.0. The van der Waals surface area contributed by atoms with E-state index in [-0.39, 0.29) is 0 Å². The molecule has 2 aliphatic rings. The summed E-state index contributed by atoms with van der Waals surface area (Å²) >= 11 is 0. The molecule has 0 N–H and O–H groups in total. The van der Waals surface area contributed by atoms with E-state index in [4.69, 9.17) is 4.98 Å². The molecule has 0 amide bonds. The lowest BCUT2D eigenvalue weighted by Crippen LogP contribution is -2.33. The zero-order chi connectivity index (χ0) is 20.1. The minimum absolute atomic E-state index is 0.809. The molecule has 0 saturated heterocycles. The summed E-state index contributed by atoms with van der Waals surface area (Å²) in [6.07, 6.45) is 7.57. The first-order chi connectivity index (χ1) is 14.8. The summed E-state index contributed by atoms with van der Waals surface area (Å²) in [5.74, 6) is 2.16. The Morgan fingerprint density at radius 2 is 1.93 bits per heavy atom. The molecule has 3 aromatic heterocycles. The smallest absolute Gasteiger partial charge is 0.140 e. The highest BCUT2D eigenvalue weighted by atomic mass is 15.4. The van der Waals surface area contributed by atoms with E-state index in [0.29, 0.717) is 0 Å². The zero-order valence-corrected chi connectivity index (χ0v) is 17.0. The Morgan fingerprint density at radius 1 is 0.967 bits per heavy atom. The molecular formula is C23H23N7. The van der Waals surface area contributed by atoms with E-state index in [1.54, 1.807) is 6.33 Å². The fraction of sp³-hybridized carbons (Fsp3) is 0.304. The maximum absolute atomic E-state index is 4.83. The third kappa shape index (κ3) is 2.81. The number of rotatable bonds is 2. The number of benzene rings is 1. The molecule has 30 heavy (non-hydrogen) atoms. The summed E-state index contributed by atoms with van der Waals surface area (Å²) in [4.78, 5) is 18.6. The van der Waals surface area contributed by atoms with Crippen LogP contribution in [0.15, 0.2) is 49.1 Å². The Balaban J connectivity index is 1.36. The van der Waals surface area contributed by atoms with Crippen LogP contribution in [0.4, 0.5) is 17.3 Å². The lowest BCUT2D eigenvalue weighted by Gasteiger charge is -2.33. The van der Waals surface area contributed by atoms with Crippen LogP contribution in [0.5, 0.6) is 0 Å². The van der Waals surface area contributed by atoms with Gasteiger partial charge in [0.1, 0.15) is 18.0 Å². The van der Waals surface area contributed by atoms with Crippen molar-refractivity contribution >= 4 is 28.2 Å². The third-order valence-corrected chi connectivity index (χ3v) is 6.13. The standard InChI is InChI=1S/C23H23N7/c1-16-3-4-21-19(11-16)23(26-15-25-21)28-10-6-20-17(14-28)12-18(13-24-20)29-8-2-9-30-22(29)5-7-27-30/h3-5,7,11-13,15H,2,6,8-10,14H2,1H3. The number of nitrogens with zero attached hydrogens (tertiary/aromatic N) is 7. The summed E-state index contributed by atoms with van der Waals surface area (Å²) in [6, 6.07) is 10.7. The summed E-state index contributed by atoms with van der Waals surface area (Å²) in [5, 5.41) is 5.56. The van der Waals surface area contributed by atoms with Gasteiger partial charge in [-0.2, -0.15) is 5.10 Å². The van der Waals surface area contributed by atoms with E-state index < -0.39 is 0 Å². The quantitative estimate of drug-likeness (QED) is 0.515. The Bertz CT molecular complexity index is 1250. The fourth-order valence-corrected chi connectivity index (χ4v) is 4.63. The van der Waals surface area contributed by atoms with Crippen LogP contribution in [0.1, 0.15) is 23.2 Å². The molecule has 1 aromatic carbocycles. The first-order valence-electron chi connectivity index (χ1n) is 10.5. The van der Waals surface area contributed by atoms with Gasteiger partial charge in [-0.05, 0) is 37.1 Å². The van der Waals surface area contributed by atoms with Gasteiger partial charge in [0.05, 0.1) is 23.6 Å². The fourth-order valence-electron chi connectivity index (χ4n) is 4.63. The minimum atomic E-state index is 0.809. The monoisotopic (exact) mass is 397 g/mol. The van der Waals surface area contributed by atoms with Gasteiger partial charge in [-0.25, -0.2) is 14.6 Å². The second-order valence-corrected chi connectivity index (χ2v) is 8.11. The molecular weight excluding hydrogens is 374 g/mol. The SMILES string of the molecule is Cc1ccc2ncnc(N3CCc4ncc(N5CCCn6nccc65)cc4C3)c2c1. The molecule has 6 rings (SSSR count). The number of anilines is 3. The van der Waals surface area contributed by atoms with Gasteiger partial charge < -0.3 is 9.80 Å². The molecule has 7 heteroatoms. The molecule has 0 fully saturated rings. The molecule has 5 heterocycles. The minimum Gasteiger partial charge on any atom is -0.351 e. The average Bonchev–Trinajstić information content (AvgIpc) is 3.27. The van der Waals surface area contributed by atoms with Crippen molar-refractivity contribution in [3.63, 3.8) is 0 Å². The highest BCUT2D eigenvalue weighted by Gasteiger charge is 2.24. The van der Waals surface area contributed by atoms with Crippen LogP contribution in [-0.4, -0.2) is 37.8 Å². The van der Waals surface area contributed by atoms with Crippen molar-refractivity contribution in [3.05, 3.63) is 65.9 Å². The maximum Gasteiger partial charge on any atom is 0.140 e. The van der Waals surface area contributed by atoms with Crippen LogP contribution in [0.25, 0.3) is 10.9 Å². The van der Waals surface area contributed by atoms with Crippen molar-refractivity contribution in [2.45, 2.75) is 32.9 Å². The van der Waals surface area contributed by atoms with Crippen LogP contribution in [0.3, 0.4) is 0 Å². The Kier molecular flexibility index (Phi) is 3.94. The van der Waals surface area contributed by atoms with Crippen molar-refractivity contribution in [1.82, 2.24) is 24.7 Å². The molecule has 0 unspecified atom stereocenters. The van der Waals surface area contributed by atoms with Crippen molar-refractivity contribution in [1.29, 1.82) is 0 Å². The van der Waals surface area contributed by atoms with Crippen LogP contribution in [-0.2, 0) is 19.5 Å². The number of fused-ring (bicyclic) bond motifs is 3. The summed E-state index contributed by atoms with van der Waals surface area (Å²) in [5.41, 5.74) is 5.82. The molecule has 150 valence electrons. The first kappa shape index (κ1) is 17.4. The molecule has 0 bridgehead atoms. The lowest BCUT2D eigenvalue weighted by molar-refractivity contribution is 0.541. The van der Waals surface area contributed by atoms with Crippen molar-refractivity contribution in [2.24, 2.45) is 0 Å². The maximum atomic E-state index is 4.83. The van der Waals surface area contributed by atoms with Crippen molar-refractivity contribution < 1.29 is 0 Å². The largest absolute Gasteiger partial charge is 0.351 e. The van der Waals surface area contributed by atoms with E-state index in [9.17, 15) is 0 Å². The normalized spacial score (nSPS) is 15.9. The number of aryl methyl sites for hydroxylation is 2. The zero-order valence-electron chi connectivity index (χ0n) is 17.0. The molecule has 0 atom stereocenters. The highest BCUT2D eigenvalue weighted by molar-refractivity contribution is 5.90. The molecule has 7 nitrogen and oxygen atoms in total. The third-order valence-electron chi connectivity index (χ3n) is 6.13. The van der Waals surface area contributed by atoms with Gasteiger partial charge in [-0.15, -0.1) is 0 Å². The number of hydrogen-bond donors (Lipinski definition) is 0. The van der Waals surface area contributed by atoms with E-state index in [0.717, 1.165) is 67.2 Å². The second kappa shape index (κ2) is 6.79. The molecule has 0 saturated carbocycles. The molecule has 4 aromatic rings. The van der Waals surface area contributed by atoms with E-state index in [1.165, 1.54) is 16.8 Å². The van der Waals surface area contributed by atoms with Crippen LogP contribution >= 0.6 is 0 Å². The van der Waals surface area contributed by atoms with Crippen LogP contribution in [0.2, 0.25) is 0 Å². The Hall–Kier alpha value is -3.48. The summed E-state index contributed by atoms with van der Waals surface area (Å²) < 4.78 is 2.07. The Morgan fingerprint density at radius 3 is 2.90 bits per heavy atom. The van der Waals surface area contributed by atoms with Gasteiger partial charge in [0.2, 0.25) is 0 Å².